The van der Waals surface area contributed by atoms with Gasteiger partial charge in [-0.25, -0.2) is 19.6 Å². The summed E-state index contributed by atoms with van der Waals surface area (Å²) >= 11 is 0. The molecular formula is C17H16N6O. The highest BCUT2D eigenvalue weighted by Gasteiger charge is 2.14. The number of nitrogens with zero attached hydrogens (tertiary/aromatic N) is 6. The molecule has 0 aliphatic heterocycles. The number of benzene rings is 1. The summed E-state index contributed by atoms with van der Waals surface area (Å²) in [5.74, 6) is 2.92. The van der Waals surface area contributed by atoms with Crippen molar-refractivity contribution in [1.29, 1.82) is 0 Å². The standard InChI is InChI=1S/C17H16N6O/c1-12-19-16(15-11-22-9-3-8-18-17(22)20-15)23(21-12)10-13-4-6-14(24-2)7-5-13/h3-9,11H,10H2,1-2H3. The first-order valence-corrected chi connectivity index (χ1v) is 7.57. The molecule has 7 heteroatoms. The molecule has 0 atom stereocenters. The van der Waals surface area contributed by atoms with E-state index in [0.29, 0.717) is 18.1 Å². The minimum atomic E-state index is 0.613. The van der Waals surface area contributed by atoms with Crippen molar-refractivity contribution in [2.24, 2.45) is 0 Å². The van der Waals surface area contributed by atoms with Crippen molar-refractivity contribution in [2.45, 2.75) is 13.5 Å². The molecule has 0 saturated carbocycles. The summed E-state index contributed by atoms with van der Waals surface area (Å²) in [4.78, 5) is 13.3. The predicted octanol–water partition coefficient (Wildman–Crippen LogP) is 2.35. The molecule has 0 bridgehead atoms. The number of aryl methyl sites for hydroxylation is 1. The van der Waals surface area contributed by atoms with E-state index in [1.165, 1.54) is 0 Å². The molecule has 4 aromatic rings. The number of rotatable bonds is 4. The lowest BCUT2D eigenvalue weighted by molar-refractivity contribution is 0.414. The molecule has 0 amide bonds. The minimum Gasteiger partial charge on any atom is -0.497 e. The van der Waals surface area contributed by atoms with E-state index < -0.39 is 0 Å². The number of methoxy groups -OCH3 is 1. The van der Waals surface area contributed by atoms with E-state index in [4.69, 9.17) is 4.74 Å². The van der Waals surface area contributed by atoms with E-state index in [1.54, 1.807) is 13.3 Å². The van der Waals surface area contributed by atoms with Crippen LogP contribution in [0.15, 0.2) is 48.9 Å². The Balaban J connectivity index is 1.71. The molecule has 0 saturated heterocycles. The Morgan fingerprint density at radius 2 is 1.96 bits per heavy atom. The number of ether oxygens (including phenoxy) is 1. The second-order valence-corrected chi connectivity index (χ2v) is 5.44. The van der Waals surface area contributed by atoms with Gasteiger partial charge in [0.25, 0.3) is 0 Å². The highest BCUT2D eigenvalue weighted by molar-refractivity contribution is 5.53. The van der Waals surface area contributed by atoms with Gasteiger partial charge in [0.2, 0.25) is 5.78 Å². The van der Waals surface area contributed by atoms with Crippen LogP contribution in [0.5, 0.6) is 5.75 Å². The smallest absolute Gasteiger partial charge is 0.234 e. The van der Waals surface area contributed by atoms with Crippen LogP contribution in [0.1, 0.15) is 11.4 Å². The second kappa shape index (κ2) is 5.77. The van der Waals surface area contributed by atoms with Gasteiger partial charge in [0, 0.05) is 18.6 Å². The fourth-order valence-corrected chi connectivity index (χ4v) is 2.60. The van der Waals surface area contributed by atoms with Crippen LogP contribution in [-0.4, -0.2) is 36.2 Å². The van der Waals surface area contributed by atoms with Crippen molar-refractivity contribution in [3.8, 4) is 17.3 Å². The van der Waals surface area contributed by atoms with Crippen molar-refractivity contribution >= 4 is 5.78 Å². The SMILES string of the molecule is COc1ccc(Cn2nc(C)nc2-c2cn3cccnc3n2)cc1. The van der Waals surface area contributed by atoms with Crippen LogP contribution >= 0.6 is 0 Å². The molecule has 1 aromatic carbocycles. The number of hydrogen-bond acceptors (Lipinski definition) is 5. The first-order chi connectivity index (χ1) is 11.7. The van der Waals surface area contributed by atoms with Crippen LogP contribution in [0.4, 0.5) is 0 Å². The average molecular weight is 320 g/mol. The summed E-state index contributed by atoms with van der Waals surface area (Å²) < 4.78 is 8.93. The van der Waals surface area contributed by atoms with E-state index in [0.717, 1.165) is 22.8 Å². The zero-order valence-electron chi connectivity index (χ0n) is 13.4. The Morgan fingerprint density at radius 1 is 1.12 bits per heavy atom. The summed E-state index contributed by atoms with van der Waals surface area (Å²) in [5.41, 5.74) is 1.87. The molecule has 24 heavy (non-hydrogen) atoms. The summed E-state index contributed by atoms with van der Waals surface area (Å²) in [5, 5.41) is 4.50. The van der Waals surface area contributed by atoms with E-state index >= 15 is 0 Å². The zero-order chi connectivity index (χ0) is 16.5. The maximum atomic E-state index is 5.20. The Labute approximate surface area is 138 Å². The van der Waals surface area contributed by atoms with Crippen LogP contribution in [0, 0.1) is 6.92 Å². The normalized spacial score (nSPS) is 11.1. The van der Waals surface area contributed by atoms with Gasteiger partial charge >= 0.3 is 0 Å². The van der Waals surface area contributed by atoms with Crippen molar-refractivity contribution in [1.82, 2.24) is 29.1 Å². The predicted molar refractivity (Wildman–Crippen MR) is 88.8 cm³/mol. The number of fused-ring (bicyclic) bond motifs is 1. The Morgan fingerprint density at radius 3 is 2.71 bits per heavy atom. The van der Waals surface area contributed by atoms with Crippen molar-refractivity contribution in [3.05, 3.63) is 60.3 Å². The highest BCUT2D eigenvalue weighted by atomic mass is 16.5. The fourth-order valence-electron chi connectivity index (χ4n) is 2.60. The summed E-state index contributed by atoms with van der Waals surface area (Å²) in [6, 6.07) is 9.78. The molecule has 0 N–H and O–H groups in total. The van der Waals surface area contributed by atoms with Crippen LogP contribution in [0.25, 0.3) is 17.3 Å². The Kier molecular flexibility index (Phi) is 3.45. The molecule has 0 aliphatic carbocycles. The molecule has 0 aliphatic rings. The van der Waals surface area contributed by atoms with Gasteiger partial charge in [-0.3, -0.25) is 4.40 Å². The second-order valence-electron chi connectivity index (χ2n) is 5.44. The van der Waals surface area contributed by atoms with Gasteiger partial charge in [0.1, 0.15) is 17.3 Å². The summed E-state index contributed by atoms with van der Waals surface area (Å²) in [6.07, 6.45) is 5.55. The first kappa shape index (κ1) is 14.4. The monoisotopic (exact) mass is 320 g/mol. The molecule has 7 nitrogen and oxygen atoms in total. The van der Waals surface area contributed by atoms with E-state index in [-0.39, 0.29) is 0 Å². The molecule has 0 fully saturated rings. The number of imidazole rings is 1. The number of hydrogen-bond donors (Lipinski definition) is 0. The van der Waals surface area contributed by atoms with E-state index in [9.17, 15) is 0 Å². The molecule has 3 aromatic heterocycles. The third-order valence-electron chi connectivity index (χ3n) is 3.73. The average Bonchev–Trinajstić information content (AvgIpc) is 3.18. The summed E-state index contributed by atoms with van der Waals surface area (Å²) in [7, 11) is 1.66. The van der Waals surface area contributed by atoms with Crippen molar-refractivity contribution in [3.63, 3.8) is 0 Å². The van der Waals surface area contributed by atoms with Crippen LogP contribution < -0.4 is 4.74 Å². The molecule has 4 rings (SSSR count). The van der Waals surface area contributed by atoms with Gasteiger partial charge < -0.3 is 4.74 Å². The van der Waals surface area contributed by atoms with E-state index in [1.807, 2.05) is 58.7 Å². The maximum absolute atomic E-state index is 5.20. The van der Waals surface area contributed by atoms with Crippen LogP contribution in [0.2, 0.25) is 0 Å². The van der Waals surface area contributed by atoms with Gasteiger partial charge in [-0.1, -0.05) is 12.1 Å². The molecule has 0 unspecified atom stereocenters. The Bertz CT molecular complexity index is 953. The Hall–Kier alpha value is -3.22. The van der Waals surface area contributed by atoms with Gasteiger partial charge in [-0.05, 0) is 30.7 Å². The van der Waals surface area contributed by atoms with E-state index in [2.05, 4.69) is 20.1 Å². The van der Waals surface area contributed by atoms with Gasteiger partial charge in [0.05, 0.1) is 13.7 Å². The van der Waals surface area contributed by atoms with Crippen molar-refractivity contribution in [2.75, 3.05) is 7.11 Å². The zero-order valence-corrected chi connectivity index (χ0v) is 13.4. The molecule has 120 valence electrons. The van der Waals surface area contributed by atoms with Gasteiger partial charge in [0.15, 0.2) is 5.82 Å². The third-order valence-corrected chi connectivity index (χ3v) is 3.73. The fraction of sp³-hybridized carbons (Fsp3) is 0.176. The third kappa shape index (κ3) is 2.60. The first-order valence-electron chi connectivity index (χ1n) is 7.57. The molecular weight excluding hydrogens is 304 g/mol. The lowest BCUT2D eigenvalue weighted by Gasteiger charge is -2.05. The molecule has 0 radical (unpaired) electrons. The minimum absolute atomic E-state index is 0.613. The topological polar surface area (TPSA) is 70.1 Å². The van der Waals surface area contributed by atoms with Gasteiger partial charge in [-0.2, -0.15) is 5.10 Å². The van der Waals surface area contributed by atoms with Crippen molar-refractivity contribution < 1.29 is 4.74 Å². The van der Waals surface area contributed by atoms with Crippen LogP contribution in [0.3, 0.4) is 0 Å². The highest BCUT2D eigenvalue weighted by Crippen LogP contribution is 2.19. The largest absolute Gasteiger partial charge is 0.497 e. The quantitative estimate of drug-likeness (QED) is 0.577. The van der Waals surface area contributed by atoms with Crippen LogP contribution in [-0.2, 0) is 6.54 Å². The number of aromatic nitrogens is 6. The summed E-state index contributed by atoms with van der Waals surface area (Å²) in [6.45, 7) is 2.49. The lowest BCUT2D eigenvalue weighted by atomic mass is 10.2. The molecule has 0 spiro atoms. The van der Waals surface area contributed by atoms with Gasteiger partial charge in [-0.15, -0.1) is 0 Å². The molecule has 3 heterocycles. The lowest BCUT2D eigenvalue weighted by Crippen LogP contribution is -2.04. The maximum Gasteiger partial charge on any atom is 0.234 e.